The zero-order valence-electron chi connectivity index (χ0n) is 26.0. The number of nitrogens with one attached hydrogen (secondary N) is 3. The van der Waals surface area contributed by atoms with Crippen molar-refractivity contribution in [3.63, 3.8) is 0 Å². The maximum absolute atomic E-state index is 13.6. The molecule has 0 spiro atoms. The summed E-state index contributed by atoms with van der Waals surface area (Å²) in [7, 11) is 1.46. The average molecular weight is 596 g/mol. The van der Waals surface area contributed by atoms with Gasteiger partial charge >= 0.3 is 5.97 Å². The number of cyclic esters (lactones) is 1. The Balaban J connectivity index is 2.48. The van der Waals surface area contributed by atoms with Gasteiger partial charge in [-0.15, -0.1) is 0 Å². The molecule has 238 valence electrons. The summed E-state index contributed by atoms with van der Waals surface area (Å²) in [4.78, 5) is 82.3. The summed E-state index contributed by atoms with van der Waals surface area (Å²) in [5.41, 5.74) is 0. The van der Waals surface area contributed by atoms with Gasteiger partial charge in [0.25, 0.3) is 5.91 Å². The topological polar surface area (TPSA) is 174 Å². The first-order chi connectivity index (χ1) is 19.7. The molecular formula is C29H49N5O8. The number of hydrogen-bond acceptors (Lipinski definition) is 8. The SMILES string of the molecule is CCC(C)C1NC(=O)C2CCCN2C(=O)C(CC(C)CO)OC(=O)CCNC(=O)C(C)N(C)C(=O)C(C(C)C)NC1=O. The molecule has 0 aromatic heterocycles. The van der Waals surface area contributed by atoms with Crippen molar-refractivity contribution in [3.8, 4) is 0 Å². The van der Waals surface area contributed by atoms with E-state index in [0.717, 1.165) is 0 Å². The fourth-order valence-corrected chi connectivity index (χ4v) is 5.07. The number of hydrogen-bond donors (Lipinski definition) is 4. The van der Waals surface area contributed by atoms with Gasteiger partial charge in [-0.2, -0.15) is 0 Å². The summed E-state index contributed by atoms with van der Waals surface area (Å²) in [6, 6.07) is -3.73. The number of likely N-dealkylation sites (N-methyl/N-ethyl adjacent to an activating group) is 1. The number of fused-ring (bicyclic) bond motifs is 1. The van der Waals surface area contributed by atoms with Crippen LogP contribution >= 0.6 is 0 Å². The number of nitrogens with zero attached hydrogens (tertiary/aromatic N) is 2. The molecule has 2 heterocycles. The van der Waals surface area contributed by atoms with Gasteiger partial charge in [0.2, 0.25) is 23.6 Å². The van der Waals surface area contributed by atoms with Crippen molar-refractivity contribution in [3.05, 3.63) is 0 Å². The van der Waals surface area contributed by atoms with Crippen molar-refractivity contribution in [2.45, 2.75) is 104 Å². The van der Waals surface area contributed by atoms with Gasteiger partial charge < -0.3 is 35.6 Å². The number of rotatable bonds is 6. The van der Waals surface area contributed by atoms with E-state index in [2.05, 4.69) is 16.0 Å². The van der Waals surface area contributed by atoms with E-state index in [1.54, 1.807) is 20.8 Å². The van der Waals surface area contributed by atoms with Gasteiger partial charge in [0, 0.05) is 26.7 Å². The molecule has 0 aromatic rings. The Bertz CT molecular complexity index is 1000. The fourth-order valence-electron chi connectivity index (χ4n) is 5.07. The molecule has 2 aliphatic heterocycles. The summed E-state index contributed by atoms with van der Waals surface area (Å²) >= 11 is 0. The number of aliphatic hydroxyl groups is 1. The monoisotopic (exact) mass is 595 g/mol. The molecule has 2 rings (SSSR count). The highest BCUT2D eigenvalue weighted by Gasteiger charge is 2.41. The molecule has 5 amide bonds. The second-order valence-electron chi connectivity index (χ2n) is 12.0. The van der Waals surface area contributed by atoms with Crippen LogP contribution in [-0.4, -0.2) is 107 Å². The van der Waals surface area contributed by atoms with Crippen LogP contribution in [0.5, 0.6) is 0 Å². The van der Waals surface area contributed by atoms with E-state index < -0.39 is 65.8 Å². The predicted octanol–water partition coefficient (Wildman–Crippen LogP) is -0.0538. The molecule has 0 aliphatic carbocycles. The third kappa shape index (κ3) is 8.89. The van der Waals surface area contributed by atoms with E-state index >= 15 is 0 Å². The van der Waals surface area contributed by atoms with Gasteiger partial charge in [-0.05, 0) is 43.9 Å². The van der Waals surface area contributed by atoms with Crippen LogP contribution in [0.25, 0.3) is 0 Å². The van der Waals surface area contributed by atoms with Gasteiger partial charge in [-0.1, -0.05) is 41.0 Å². The Hall–Kier alpha value is -3.22. The number of ether oxygens (including phenoxy) is 1. The fraction of sp³-hybridized carbons (Fsp3) is 0.793. The minimum atomic E-state index is -1.23. The summed E-state index contributed by atoms with van der Waals surface area (Å²) in [5, 5.41) is 17.8. The van der Waals surface area contributed by atoms with E-state index in [1.165, 1.54) is 23.8 Å². The minimum Gasteiger partial charge on any atom is -0.452 e. The van der Waals surface area contributed by atoms with Crippen molar-refractivity contribution in [1.29, 1.82) is 0 Å². The van der Waals surface area contributed by atoms with E-state index in [-0.39, 0.29) is 50.3 Å². The van der Waals surface area contributed by atoms with E-state index in [9.17, 15) is 33.9 Å². The zero-order chi connectivity index (χ0) is 31.7. The van der Waals surface area contributed by atoms with Crippen LogP contribution in [0.2, 0.25) is 0 Å². The van der Waals surface area contributed by atoms with Gasteiger partial charge in [0.15, 0.2) is 6.10 Å². The molecule has 0 radical (unpaired) electrons. The van der Waals surface area contributed by atoms with Crippen LogP contribution in [0, 0.1) is 17.8 Å². The number of aliphatic hydroxyl groups excluding tert-OH is 1. The number of carbonyl (C=O) groups excluding carboxylic acids is 6. The minimum absolute atomic E-state index is 0.0523. The van der Waals surface area contributed by atoms with Crippen LogP contribution in [0.3, 0.4) is 0 Å². The van der Waals surface area contributed by atoms with Gasteiger partial charge in [0.05, 0.1) is 6.42 Å². The van der Waals surface area contributed by atoms with Gasteiger partial charge in [-0.25, -0.2) is 0 Å². The van der Waals surface area contributed by atoms with Crippen LogP contribution in [0.1, 0.15) is 73.6 Å². The maximum Gasteiger partial charge on any atom is 0.308 e. The lowest BCUT2D eigenvalue weighted by Crippen LogP contribution is -2.60. The Morgan fingerprint density at radius 1 is 0.952 bits per heavy atom. The van der Waals surface area contributed by atoms with Crippen LogP contribution in [0.15, 0.2) is 0 Å². The molecule has 0 aromatic carbocycles. The van der Waals surface area contributed by atoms with Crippen molar-refractivity contribution < 1.29 is 38.6 Å². The van der Waals surface area contributed by atoms with E-state index in [4.69, 9.17) is 4.74 Å². The van der Waals surface area contributed by atoms with Crippen LogP contribution in [0.4, 0.5) is 0 Å². The molecule has 0 bridgehead atoms. The van der Waals surface area contributed by atoms with Gasteiger partial charge in [0.1, 0.15) is 24.2 Å². The third-order valence-electron chi connectivity index (χ3n) is 8.28. The second-order valence-corrected chi connectivity index (χ2v) is 12.0. The Morgan fingerprint density at radius 2 is 1.60 bits per heavy atom. The van der Waals surface area contributed by atoms with E-state index in [0.29, 0.717) is 19.3 Å². The Labute approximate surface area is 248 Å². The lowest BCUT2D eigenvalue weighted by molar-refractivity contribution is -0.162. The molecule has 2 aliphatic rings. The highest BCUT2D eigenvalue weighted by molar-refractivity contribution is 5.96. The number of amides is 5. The van der Waals surface area contributed by atoms with Crippen molar-refractivity contribution in [2.24, 2.45) is 17.8 Å². The molecule has 2 fully saturated rings. The lowest BCUT2D eigenvalue weighted by Gasteiger charge is -2.33. The summed E-state index contributed by atoms with van der Waals surface area (Å²) in [6.07, 6.45) is 0.0645. The number of esters is 1. The first-order valence-corrected chi connectivity index (χ1v) is 15.0. The van der Waals surface area contributed by atoms with E-state index in [1.807, 2.05) is 13.8 Å². The zero-order valence-corrected chi connectivity index (χ0v) is 26.0. The molecule has 7 atom stereocenters. The molecule has 42 heavy (non-hydrogen) atoms. The maximum atomic E-state index is 13.6. The Kier molecular flexibility index (Phi) is 13.2. The summed E-state index contributed by atoms with van der Waals surface area (Å²) in [5.74, 6) is -4.26. The predicted molar refractivity (Wildman–Crippen MR) is 153 cm³/mol. The van der Waals surface area contributed by atoms with Gasteiger partial charge in [-0.3, -0.25) is 28.8 Å². The molecule has 13 heteroatoms. The Morgan fingerprint density at radius 3 is 2.19 bits per heavy atom. The molecule has 0 saturated carbocycles. The first kappa shape index (κ1) is 35.0. The normalized spacial score (nSPS) is 29.0. The first-order valence-electron chi connectivity index (χ1n) is 15.0. The highest BCUT2D eigenvalue weighted by Crippen LogP contribution is 2.23. The second kappa shape index (κ2) is 15.9. The standard InChI is InChI=1S/C29H49N5O8/c1-8-18(5)24-27(39)31-23(16(2)3)29(41)33(7)19(6)25(37)30-12-11-22(36)42-21(14-17(4)15-35)28(40)34-13-9-10-20(34)26(38)32-24/h16-21,23-24,35H,8-15H2,1-7H3,(H,30,37)(H,31,39)(H,32,38). The summed E-state index contributed by atoms with van der Waals surface area (Å²) < 4.78 is 5.53. The average Bonchev–Trinajstić information content (AvgIpc) is 3.45. The highest BCUT2D eigenvalue weighted by atomic mass is 16.5. The molecule has 2 saturated heterocycles. The quantitative estimate of drug-likeness (QED) is 0.309. The largest absolute Gasteiger partial charge is 0.452 e. The number of carbonyl (C=O) groups is 6. The van der Waals surface area contributed by atoms with Crippen LogP contribution < -0.4 is 16.0 Å². The smallest absolute Gasteiger partial charge is 0.308 e. The summed E-state index contributed by atoms with van der Waals surface area (Å²) in [6.45, 7) is 10.4. The molecule has 13 nitrogen and oxygen atoms in total. The van der Waals surface area contributed by atoms with Crippen LogP contribution in [-0.2, 0) is 33.5 Å². The lowest BCUT2D eigenvalue weighted by atomic mass is 9.95. The van der Waals surface area contributed by atoms with Crippen molar-refractivity contribution in [2.75, 3.05) is 26.7 Å². The molecule has 4 N–H and O–H groups in total. The third-order valence-corrected chi connectivity index (χ3v) is 8.28. The molecule has 7 unspecified atom stereocenters. The van der Waals surface area contributed by atoms with Crippen molar-refractivity contribution >= 4 is 35.5 Å². The van der Waals surface area contributed by atoms with Crippen molar-refractivity contribution in [1.82, 2.24) is 25.8 Å². The molecular weight excluding hydrogens is 546 g/mol.